The first-order valence-corrected chi connectivity index (χ1v) is 11.7. The van der Waals surface area contributed by atoms with E-state index >= 15 is 0 Å². The van der Waals surface area contributed by atoms with Gasteiger partial charge in [-0.1, -0.05) is 32.0 Å². The first kappa shape index (κ1) is 26.2. The first-order chi connectivity index (χ1) is 14.6. The topological polar surface area (TPSA) is 52.1 Å². The van der Waals surface area contributed by atoms with Crippen molar-refractivity contribution in [2.45, 2.75) is 46.2 Å². The lowest BCUT2D eigenvalue weighted by molar-refractivity contribution is 0.0900. The first-order valence-electron chi connectivity index (χ1n) is 11.7. The Hall–Kier alpha value is -1.06. The van der Waals surface area contributed by atoms with Crippen molar-refractivity contribution < 1.29 is 4.74 Å². The molecule has 0 radical (unpaired) electrons. The Labute approximate surface area is 206 Å². The zero-order chi connectivity index (χ0) is 21.3. The summed E-state index contributed by atoms with van der Waals surface area (Å²) in [5.41, 5.74) is 1.15. The molecule has 0 bridgehead atoms. The number of likely N-dealkylation sites (N-methyl/N-ethyl adjacent to an activating group) is 1. The third-order valence-electron chi connectivity index (χ3n) is 6.15. The summed E-state index contributed by atoms with van der Waals surface area (Å²) < 4.78 is 6.05. The largest absolute Gasteiger partial charge is 0.493 e. The number of hydrogen-bond donors (Lipinski definition) is 2. The van der Waals surface area contributed by atoms with Crippen molar-refractivity contribution in [2.75, 3.05) is 52.9 Å². The van der Waals surface area contributed by atoms with Gasteiger partial charge in [0.2, 0.25) is 0 Å². The van der Waals surface area contributed by atoms with Gasteiger partial charge >= 0.3 is 0 Å². The van der Waals surface area contributed by atoms with E-state index in [1.807, 2.05) is 6.07 Å². The number of piperazine rings is 1. The SMILES string of the molecule is CCNC(=NCc1ccccc1OCC1CC1)NCC(C(C)C)N1CCN(C)CC1.I. The zero-order valence-electron chi connectivity index (χ0n) is 19.8. The third-order valence-corrected chi connectivity index (χ3v) is 6.15. The van der Waals surface area contributed by atoms with Crippen molar-refractivity contribution in [3.63, 3.8) is 0 Å². The molecule has 1 aliphatic carbocycles. The third kappa shape index (κ3) is 8.77. The Morgan fingerprint density at radius 3 is 2.48 bits per heavy atom. The number of para-hydroxylation sites is 1. The summed E-state index contributed by atoms with van der Waals surface area (Å²) in [6.45, 7) is 14.6. The van der Waals surface area contributed by atoms with Gasteiger partial charge in [-0.15, -0.1) is 24.0 Å². The van der Waals surface area contributed by atoms with Gasteiger partial charge < -0.3 is 20.3 Å². The van der Waals surface area contributed by atoms with E-state index in [1.165, 1.54) is 12.8 Å². The molecule has 0 spiro atoms. The fourth-order valence-electron chi connectivity index (χ4n) is 3.91. The minimum absolute atomic E-state index is 0. The van der Waals surface area contributed by atoms with Crippen molar-refractivity contribution in [1.29, 1.82) is 0 Å². The van der Waals surface area contributed by atoms with Gasteiger partial charge in [-0.05, 0) is 44.7 Å². The Morgan fingerprint density at radius 2 is 1.84 bits per heavy atom. The summed E-state index contributed by atoms with van der Waals surface area (Å²) in [6, 6.07) is 8.81. The van der Waals surface area contributed by atoms with Crippen LogP contribution in [0.2, 0.25) is 0 Å². The van der Waals surface area contributed by atoms with Gasteiger partial charge in [0.25, 0.3) is 0 Å². The summed E-state index contributed by atoms with van der Waals surface area (Å²) in [7, 11) is 2.21. The molecule has 3 rings (SSSR count). The van der Waals surface area contributed by atoms with Gasteiger partial charge in [0, 0.05) is 50.9 Å². The molecular weight excluding hydrogens is 501 g/mol. The van der Waals surface area contributed by atoms with Gasteiger partial charge in [-0.25, -0.2) is 4.99 Å². The van der Waals surface area contributed by atoms with Crippen LogP contribution in [-0.4, -0.2) is 74.7 Å². The zero-order valence-corrected chi connectivity index (χ0v) is 22.1. The summed E-state index contributed by atoms with van der Waals surface area (Å²) >= 11 is 0. The van der Waals surface area contributed by atoms with E-state index in [1.54, 1.807) is 0 Å². The number of aliphatic imine (C=N–C) groups is 1. The van der Waals surface area contributed by atoms with Crippen molar-refractivity contribution in [3.8, 4) is 5.75 Å². The highest BCUT2D eigenvalue weighted by molar-refractivity contribution is 14.0. The van der Waals surface area contributed by atoms with E-state index in [2.05, 4.69) is 66.5 Å². The standard InChI is InChI=1S/C24H41N5O.HI/c1-5-25-24(27-17-22(19(2)3)29-14-12-28(4)13-15-29)26-16-21-8-6-7-9-23(21)30-18-20-10-11-20;/h6-9,19-20,22H,5,10-18H2,1-4H3,(H2,25,26,27);1H. The summed E-state index contributed by atoms with van der Waals surface area (Å²) in [6.07, 6.45) is 2.61. The predicted octanol–water partition coefficient (Wildman–Crippen LogP) is 3.42. The molecule has 2 fully saturated rings. The summed E-state index contributed by atoms with van der Waals surface area (Å²) in [5, 5.41) is 7.01. The molecule has 0 aromatic heterocycles. The quantitative estimate of drug-likeness (QED) is 0.269. The van der Waals surface area contributed by atoms with Crippen LogP contribution in [0.3, 0.4) is 0 Å². The van der Waals surface area contributed by atoms with Crippen LogP contribution in [0.25, 0.3) is 0 Å². The molecule has 1 aromatic carbocycles. The molecule has 2 aliphatic rings. The van der Waals surface area contributed by atoms with Crippen LogP contribution in [0.5, 0.6) is 5.75 Å². The van der Waals surface area contributed by atoms with Crippen LogP contribution < -0.4 is 15.4 Å². The second-order valence-electron chi connectivity index (χ2n) is 9.09. The molecule has 31 heavy (non-hydrogen) atoms. The molecule has 1 saturated carbocycles. The van der Waals surface area contributed by atoms with Crippen molar-refractivity contribution in [3.05, 3.63) is 29.8 Å². The van der Waals surface area contributed by atoms with E-state index in [9.17, 15) is 0 Å². The Kier molecular flexibility index (Phi) is 11.4. The van der Waals surface area contributed by atoms with Gasteiger partial charge in [-0.2, -0.15) is 0 Å². The van der Waals surface area contributed by atoms with Crippen LogP contribution >= 0.6 is 24.0 Å². The van der Waals surface area contributed by atoms with Crippen molar-refractivity contribution in [2.24, 2.45) is 16.8 Å². The Bertz CT molecular complexity index is 672. The van der Waals surface area contributed by atoms with Crippen LogP contribution in [0, 0.1) is 11.8 Å². The molecule has 1 aromatic rings. The second-order valence-corrected chi connectivity index (χ2v) is 9.09. The lowest BCUT2D eigenvalue weighted by atomic mass is 10.0. The number of guanidine groups is 1. The maximum absolute atomic E-state index is 6.05. The molecule has 7 heteroatoms. The number of halogens is 1. The monoisotopic (exact) mass is 543 g/mol. The minimum Gasteiger partial charge on any atom is -0.493 e. The lowest BCUT2D eigenvalue weighted by Crippen LogP contribution is -2.55. The Balaban J connectivity index is 0.00000341. The Morgan fingerprint density at radius 1 is 1.13 bits per heavy atom. The molecule has 0 amide bonds. The lowest BCUT2D eigenvalue weighted by Gasteiger charge is -2.40. The smallest absolute Gasteiger partial charge is 0.191 e. The molecule has 6 nitrogen and oxygen atoms in total. The number of rotatable bonds is 10. The molecular formula is C24H42IN5O. The number of nitrogens with zero attached hydrogens (tertiary/aromatic N) is 3. The average molecular weight is 544 g/mol. The highest BCUT2D eigenvalue weighted by Gasteiger charge is 2.25. The summed E-state index contributed by atoms with van der Waals surface area (Å²) in [5.74, 6) is 3.21. The van der Waals surface area contributed by atoms with E-state index in [4.69, 9.17) is 9.73 Å². The molecule has 1 heterocycles. The normalized spacial score (nSPS) is 19.1. The molecule has 1 aliphatic heterocycles. The van der Waals surface area contributed by atoms with E-state index in [-0.39, 0.29) is 24.0 Å². The van der Waals surface area contributed by atoms with Gasteiger partial charge in [0.1, 0.15) is 5.75 Å². The molecule has 1 atom stereocenters. The molecule has 1 saturated heterocycles. The number of nitrogens with one attached hydrogen (secondary N) is 2. The van der Waals surface area contributed by atoms with E-state index in [0.717, 1.165) is 69.1 Å². The fourth-order valence-corrected chi connectivity index (χ4v) is 3.91. The fraction of sp³-hybridized carbons (Fsp3) is 0.708. The van der Waals surface area contributed by atoms with Crippen LogP contribution in [0.4, 0.5) is 0 Å². The van der Waals surface area contributed by atoms with Crippen LogP contribution in [0.1, 0.15) is 39.2 Å². The minimum atomic E-state index is 0. The number of ether oxygens (including phenoxy) is 1. The highest BCUT2D eigenvalue weighted by atomic mass is 127. The van der Waals surface area contributed by atoms with Crippen LogP contribution in [0.15, 0.2) is 29.3 Å². The maximum atomic E-state index is 6.05. The van der Waals surface area contributed by atoms with Gasteiger partial charge in [0.15, 0.2) is 5.96 Å². The number of hydrogen-bond acceptors (Lipinski definition) is 4. The van der Waals surface area contributed by atoms with Crippen molar-refractivity contribution >= 4 is 29.9 Å². The number of benzene rings is 1. The highest BCUT2D eigenvalue weighted by Crippen LogP contribution is 2.30. The van der Waals surface area contributed by atoms with Gasteiger partial charge in [0.05, 0.1) is 13.2 Å². The second kappa shape index (κ2) is 13.5. The molecule has 176 valence electrons. The predicted molar refractivity (Wildman–Crippen MR) is 141 cm³/mol. The van der Waals surface area contributed by atoms with Crippen LogP contribution in [-0.2, 0) is 6.54 Å². The van der Waals surface area contributed by atoms with Gasteiger partial charge in [-0.3, -0.25) is 4.90 Å². The molecule has 2 N–H and O–H groups in total. The van der Waals surface area contributed by atoms with E-state index < -0.39 is 0 Å². The van der Waals surface area contributed by atoms with E-state index in [0.29, 0.717) is 18.5 Å². The average Bonchev–Trinajstić information content (AvgIpc) is 3.56. The summed E-state index contributed by atoms with van der Waals surface area (Å²) in [4.78, 5) is 9.90. The maximum Gasteiger partial charge on any atom is 0.191 e. The van der Waals surface area contributed by atoms with Crippen molar-refractivity contribution in [1.82, 2.24) is 20.4 Å². The molecule has 1 unspecified atom stereocenters.